The predicted molar refractivity (Wildman–Crippen MR) is 97.1 cm³/mol. The zero-order valence-electron chi connectivity index (χ0n) is 13.7. The van der Waals surface area contributed by atoms with Crippen LogP contribution in [0, 0.1) is 6.92 Å². The summed E-state index contributed by atoms with van der Waals surface area (Å²) in [6.45, 7) is 1.88. The summed E-state index contributed by atoms with van der Waals surface area (Å²) in [5.74, 6) is 0.270. The molecule has 1 aromatic carbocycles. The number of carbonyl (C=O) groups is 1. The highest BCUT2D eigenvalue weighted by Crippen LogP contribution is 2.23. The van der Waals surface area contributed by atoms with Crippen LogP contribution in [0.1, 0.15) is 22.9 Å². The minimum atomic E-state index is -0.314. The van der Waals surface area contributed by atoms with E-state index < -0.39 is 0 Å². The Morgan fingerprint density at radius 1 is 1.20 bits per heavy atom. The summed E-state index contributed by atoms with van der Waals surface area (Å²) in [4.78, 5) is 16.6. The van der Waals surface area contributed by atoms with Crippen LogP contribution in [0.25, 0.3) is 0 Å². The predicted octanol–water partition coefficient (Wildman–Crippen LogP) is 2.73. The molecular formula is C18H18ClN5O. The number of nitrogens with one attached hydrogen (secondary N) is 1. The molecule has 25 heavy (non-hydrogen) atoms. The van der Waals surface area contributed by atoms with Crippen molar-refractivity contribution in [3.05, 3.63) is 76.7 Å². The van der Waals surface area contributed by atoms with Gasteiger partial charge in [0.05, 0.1) is 11.7 Å². The number of halogens is 1. The second kappa shape index (κ2) is 7.36. The van der Waals surface area contributed by atoms with Gasteiger partial charge in [0, 0.05) is 23.5 Å². The molecule has 2 heterocycles. The van der Waals surface area contributed by atoms with Gasteiger partial charge in [-0.1, -0.05) is 23.7 Å². The number of amides is 1. The fourth-order valence-corrected chi connectivity index (χ4v) is 2.73. The van der Waals surface area contributed by atoms with Crippen LogP contribution in [0.15, 0.2) is 54.9 Å². The van der Waals surface area contributed by atoms with Crippen LogP contribution in [0.3, 0.4) is 0 Å². The Kier molecular flexibility index (Phi) is 5.00. The number of rotatable bonds is 5. The number of carbonyl (C=O) groups excluding carboxylic acids is 1. The van der Waals surface area contributed by atoms with Crippen molar-refractivity contribution >= 4 is 23.3 Å². The summed E-state index contributed by atoms with van der Waals surface area (Å²) in [5.41, 5.74) is 8.48. The average molecular weight is 356 g/mol. The third-order valence-electron chi connectivity index (χ3n) is 3.77. The maximum Gasteiger partial charge on any atom is 0.242 e. The van der Waals surface area contributed by atoms with Crippen LogP contribution >= 0.6 is 11.6 Å². The molecule has 0 saturated carbocycles. The number of aryl methyl sites for hydroxylation is 1. The van der Waals surface area contributed by atoms with Gasteiger partial charge in [-0.2, -0.15) is 5.10 Å². The Balaban J connectivity index is 1.83. The number of anilines is 1. The van der Waals surface area contributed by atoms with E-state index in [2.05, 4.69) is 15.4 Å². The van der Waals surface area contributed by atoms with Gasteiger partial charge in [-0.05, 0) is 42.3 Å². The largest absolute Gasteiger partial charge is 0.384 e. The van der Waals surface area contributed by atoms with Gasteiger partial charge >= 0.3 is 0 Å². The van der Waals surface area contributed by atoms with E-state index in [9.17, 15) is 4.79 Å². The molecule has 0 spiro atoms. The van der Waals surface area contributed by atoms with Crippen LogP contribution in [-0.4, -0.2) is 20.7 Å². The van der Waals surface area contributed by atoms with Gasteiger partial charge in [0.15, 0.2) is 0 Å². The lowest BCUT2D eigenvalue weighted by atomic mass is 9.99. The van der Waals surface area contributed by atoms with Crippen molar-refractivity contribution in [2.45, 2.75) is 19.5 Å². The van der Waals surface area contributed by atoms with E-state index in [0.717, 1.165) is 16.8 Å². The van der Waals surface area contributed by atoms with Gasteiger partial charge in [-0.15, -0.1) is 0 Å². The minimum absolute atomic E-state index is 0.0504. The van der Waals surface area contributed by atoms with E-state index in [0.29, 0.717) is 10.8 Å². The fourth-order valence-electron chi connectivity index (χ4n) is 2.61. The summed E-state index contributed by atoms with van der Waals surface area (Å²) in [5, 5.41) is 7.89. The maximum atomic E-state index is 12.5. The smallest absolute Gasteiger partial charge is 0.242 e. The number of benzene rings is 1. The van der Waals surface area contributed by atoms with Crippen molar-refractivity contribution in [1.82, 2.24) is 20.1 Å². The lowest BCUT2D eigenvalue weighted by molar-refractivity contribution is -0.122. The first kappa shape index (κ1) is 17.0. The van der Waals surface area contributed by atoms with E-state index in [4.69, 9.17) is 17.3 Å². The zero-order valence-corrected chi connectivity index (χ0v) is 14.4. The SMILES string of the molecule is Cc1cc(N)n(CC(=O)N[C@@H](c2ccncc2)c2ccc(Cl)cc2)n1. The molecular weight excluding hydrogens is 338 g/mol. The quantitative estimate of drug-likeness (QED) is 0.736. The summed E-state index contributed by atoms with van der Waals surface area (Å²) >= 11 is 5.97. The first-order valence-corrected chi connectivity index (χ1v) is 8.15. The Hall–Kier alpha value is -2.86. The number of hydrogen-bond acceptors (Lipinski definition) is 4. The van der Waals surface area contributed by atoms with E-state index in [1.54, 1.807) is 30.6 Å². The summed E-state index contributed by atoms with van der Waals surface area (Å²) in [7, 11) is 0. The van der Waals surface area contributed by atoms with Gasteiger partial charge in [-0.25, -0.2) is 4.68 Å². The highest BCUT2D eigenvalue weighted by atomic mass is 35.5. The topological polar surface area (TPSA) is 85.8 Å². The molecule has 128 valence electrons. The monoisotopic (exact) mass is 355 g/mol. The summed E-state index contributed by atoms with van der Waals surface area (Å²) in [6, 6.07) is 12.5. The number of nitrogens with two attached hydrogens (primary N) is 1. The van der Waals surface area contributed by atoms with Crippen molar-refractivity contribution in [3.8, 4) is 0 Å². The Bertz CT molecular complexity index is 861. The van der Waals surface area contributed by atoms with Gasteiger partial charge in [0.25, 0.3) is 0 Å². The molecule has 7 heteroatoms. The first-order chi connectivity index (χ1) is 12.0. The summed E-state index contributed by atoms with van der Waals surface area (Å²) in [6.07, 6.45) is 3.39. The molecule has 1 atom stereocenters. The van der Waals surface area contributed by atoms with Crippen molar-refractivity contribution in [1.29, 1.82) is 0 Å². The van der Waals surface area contributed by atoms with Crippen LogP contribution in [0.4, 0.5) is 5.82 Å². The molecule has 0 aliphatic heterocycles. The number of nitrogens with zero attached hydrogens (tertiary/aromatic N) is 3. The molecule has 3 N–H and O–H groups in total. The van der Waals surface area contributed by atoms with E-state index in [1.165, 1.54) is 4.68 Å². The Morgan fingerprint density at radius 3 is 2.44 bits per heavy atom. The number of aromatic nitrogens is 3. The van der Waals surface area contributed by atoms with Crippen molar-refractivity contribution in [2.24, 2.45) is 0 Å². The molecule has 0 bridgehead atoms. The van der Waals surface area contributed by atoms with E-state index >= 15 is 0 Å². The lowest BCUT2D eigenvalue weighted by Gasteiger charge is -2.20. The van der Waals surface area contributed by atoms with Crippen molar-refractivity contribution in [3.63, 3.8) is 0 Å². The Labute approximate surface area is 150 Å². The van der Waals surface area contributed by atoms with E-state index in [1.807, 2.05) is 31.2 Å². The zero-order chi connectivity index (χ0) is 17.8. The summed E-state index contributed by atoms with van der Waals surface area (Å²) < 4.78 is 1.48. The third-order valence-corrected chi connectivity index (χ3v) is 4.03. The minimum Gasteiger partial charge on any atom is -0.384 e. The van der Waals surface area contributed by atoms with Crippen LogP contribution in [0.2, 0.25) is 5.02 Å². The van der Waals surface area contributed by atoms with E-state index in [-0.39, 0.29) is 18.5 Å². The molecule has 0 aliphatic rings. The second-order valence-corrected chi connectivity index (χ2v) is 6.14. The number of hydrogen-bond donors (Lipinski definition) is 2. The van der Waals surface area contributed by atoms with Crippen LogP contribution in [-0.2, 0) is 11.3 Å². The standard InChI is InChI=1S/C18H18ClN5O/c1-12-10-16(20)24(23-12)11-17(25)22-18(14-6-8-21-9-7-14)13-2-4-15(19)5-3-13/h2-10,18H,11,20H2,1H3,(H,22,25)/t18-/m1/s1. The van der Waals surface area contributed by atoms with Gasteiger partial charge in [0.1, 0.15) is 12.4 Å². The van der Waals surface area contributed by atoms with Gasteiger partial charge < -0.3 is 11.1 Å². The van der Waals surface area contributed by atoms with Gasteiger partial charge in [-0.3, -0.25) is 9.78 Å². The highest BCUT2D eigenvalue weighted by Gasteiger charge is 2.18. The normalized spacial score (nSPS) is 11.9. The Morgan fingerprint density at radius 2 is 1.84 bits per heavy atom. The molecule has 3 rings (SSSR count). The lowest BCUT2D eigenvalue weighted by Crippen LogP contribution is -2.32. The van der Waals surface area contributed by atoms with Gasteiger partial charge in [0.2, 0.25) is 5.91 Å². The molecule has 1 amide bonds. The molecule has 0 radical (unpaired) electrons. The van der Waals surface area contributed by atoms with Crippen LogP contribution < -0.4 is 11.1 Å². The van der Waals surface area contributed by atoms with Crippen molar-refractivity contribution < 1.29 is 4.79 Å². The van der Waals surface area contributed by atoms with Crippen LogP contribution in [0.5, 0.6) is 0 Å². The molecule has 0 fully saturated rings. The number of nitrogen functional groups attached to an aromatic ring is 1. The van der Waals surface area contributed by atoms with Crippen molar-refractivity contribution in [2.75, 3.05) is 5.73 Å². The maximum absolute atomic E-state index is 12.5. The molecule has 0 aliphatic carbocycles. The molecule has 2 aromatic heterocycles. The highest BCUT2D eigenvalue weighted by molar-refractivity contribution is 6.30. The molecule has 0 saturated heterocycles. The fraction of sp³-hybridized carbons (Fsp3) is 0.167. The second-order valence-electron chi connectivity index (χ2n) is 5.70. The average Bonchev–Trinajstić information content (AvgIpc) is 2.91. The molecule has 6 nitrogen and oxygen atoms in total. The number of pyridine rings is 1. The first-order valence-electron chi connectivity index (χ1n) is 7.77. The third kappa shape index (κ3) is 4.16. The molecule has 3 aromatic rings. The molecule has 0 unspecified atom stereocenters.